The molecule has 0 fully saturated rings. The molecule has 1 amide bonds. The molecule has 0 radical (unpaired) electrons. The fourth-order valence-electron chi connectivity index (χ4n) is 4.45. The van der Waals surface area contributed by atoms with Crippen molar-refractivity contribution in [1.82, 2.24) is 29.7 Å². The number of nitrogens with one attached hydrogen (secondary N) is 2. The van der Waals surface area contributed by atoms with E-state index < -0.39 is 17.6 Å². The van der Waals surface area contributed by atoms with Gasteiger partial charge in [0, 0.05) is 49.2 Å². The second-order valence-corrected chi connectivity index (χ2v) is 9.17. The van der Waals surface area contributed by atoms with Crippen LogP contribution < -0.4 is 16.3 Å². The molecule has 3 aromatic rings. The molecule has 0 saturated carbocycles. The predicted molar refractivity (Wildman–Crippen MR) is 145 cm³/mol. The Morgan fingerprint density at radius 3 is 2.65 bits per heavy atom. The van der Waals surface area contributed by atoms with Gasteiger partial charge in [-0.05, 0) is 48.4 Å². The minimum absolute atomic E-state index is 0.0584. The highest BCUT2D eigenvalue weighted by Gasteiger charge is 2.31. The number of benzene rings is 1. The number of fused-ring (bicyclic) bond motifs is 3. The van der Waals surface area contributed by atoms with E-state index >= 15 is 0 Å². The van der Waals surface area contributed by atoms with Gasteiger partial charge in [0.05, 0.1) is 5.56 Å². The Bertz CT molecular complexity index is 1870. The van der Waals surface area contributed by atoms with E-state index in [1.807, 2.05) is 23.6 Å². The van der Waals surface area contributed by atoms with Gasteiger partial charge in [-0.1, -0.05) is 11.2 Å². The van der Waals surface area contributed by atoms with Crippen molar-refractivity contribution in [2.45, 2.75) is 26.6 Å². The van der Waals surface area contributed by atoms with Crippen LogP contribution in [0, 0.1) is 13.8 Å². The van der Waals surface area contributed by atoms with Crippen LogP contribution in [0.2, 0.25) is 0 Å². The summed E-state index contributed by atoms with van der Waals surface area (Å²) in [7, 11) is 0. The largest absolute Gasteiger partial charge is 0.483 e. The Hall–Kier alpha value is -5.67. The van der Waals surface area contributed by atoms with Crippen LogP contribution in [0.15, 0.2) is 58.2 Å². The summed E-state index contributed by atoms with van der Waals surface area (Å²) in [6.07, 6.45) is -1.97. The first-order valence-electron chi connectivity index (χ1n) is 12.6. The molecule has 0 aliphatic carbocycles. The maximum absolute atomic E-state index is 13.1. The summed E-state index contributed by atoms with van der Waals surface area (Å²) in [5, 5.41) is 20.5. The monoisotopic (exact) mass is 593 g/mol. The molecule has 5 heterocycles. The van der Waals surface area contributed by atoms with Gasteiger partial charge in [-0.3, -0.25) is 14.6 Å². The van der Waals surface area contributed by atoms with Crippen LogP contribution in [0.3, 0.4) is 0 Å². The van der Waals surface area contributed by atoms with E-state index in [1.54, 1.807) is 25.3 Å². The first kappa shape index (κ1) is 28.8. The maximum atomic E-state index is 13.1. The third kappa shape index (κ3) is 6.17. The van der Waals surface area contributed by atoms with Crippen molar-refractivity contribution in [2.75, 3.05) is 17.2 Å². The van der Waals surface area contributed by atoms with Gasteiger partial charge in [0.2, 0.25) is 5.89 Å². The lowest BCUT2D eigenvalue weighted by atomic mass is 9.98. The van der Waals surface area contributed by atoms with Gasteiger partial charge in [0.15, 0.2) is 0 Å². The number of hydrogen-bond acceptors (Lipinski definition) is 10. The van der Waals surface area contributed by atoms with Crippen molar-refractivity contribution in [3.8, 4) is 22.5 Å². The van der Waals surface area contributed by atoms with Crippen molar-refractivity contribution >= 4 is 29.9 Å². The molecule has 1 aromatic carbocycles. The summed E-state index contributed by atoms with van der Waals surface area (Å²) in [5.41, 5.74) is 2.63. The lowest BCUT2D eigenvalue weighted by Gasteiger charge is -2.19. The Morgan fingerprint density at radius 1 is 1.14 bits per heavy atom. The highest BCUT2D eigenvalue weighted by Crippen LogP contribution is 2.39. The summed E-state index contributed by atoms with van der Waals surface area (Å²) in [6.45, 7) is 4.65. The smallest absolute Gasteiger partial charge is 0.416 e. The third-order valence-corrected chi connectivity index (χ3v) is 6.31. The zero-order valence-electron chi connectivity index (χ0n) is 22.5. The summed E-state index contributed by atoms with van der Waals surface area (Å²) in [6, 6.07) is 8.81. The first-order chi connectivity index (χ1) is 20.6. The highest BCUT2D eigenvalue weighted by atomic mass is 19.4. The molecule has 0 bridgehead atoms. The fraction of sp³-hybridized carbons (Fsp3) is 0.185. The van der Waals surface area contributed by atoms with E-state index in [0.29, 0.717) is 30.5 Å². The van der Waals surface area contributed by atoms with Crippen molar-refractivity contribution in [3.63, 3.8) is 0 Å². The van der Waals surface area contributed by atoms with Crippen LogP contribution >= 0.6 is 0 Å². The molecule has 43 heavy (non-hydrogen) atoms. The lowest BCUT2D eigenvalue weighted by molar-refractivity contribution is -0.137. The molecular formula is C27H22F3N9O4. The van der Waals surface area contributed by atoms with E-state index in [1.165, 1.54) is 0 Å². The van der Waals surface area contributed by atoms with Crippen molar-refractivity contribution < 1.29 is 32.3 Å². The quantitative estimate of drug-likeness (QED) is 0.258. The topological polar surface area (TPSA) is 173 Å². The zero-order chi connectivity index (χ0) is 30.7. The van der Waals surface area contributed by atoms with E-state index in [0.717, 1.165) is 46.4 Å². The first-order valence-corrected chi connectivity index (χ1v) is 12.6. The number of rotatable bonds is 4. The normalized spacial score (nSPS) is 12.7. The average Bonchev–Trinajstić information content (AvgIpc) is 3.63. The molecule has 3 aliphatic heterocycles. The predicted octanol–water partition coefficient (Wildman–Crippen LogP) is 4.07. The number of halogens is 3. The number of anilines is 2. The molecule has 220 valence electrons. The fourth-order valence-corrected chi connectivity index (χ4v) is 4.45. The summed E-state index contributed by atoms with van der Waals surface area (Å²) in [4.78, 5) is 38.1. The SMILES string of the molecule is Cc1nnc(N=c2ncc3cc(-c4cc(NC(=O)c5cc(C(F)(F)F)ccn5)ccc4C)c4n(c-3n2)CCN4)o1.O=CO. The summed E-state index contributed by atoms with van der Waals surface area (Å²) >= 11 is 0. The molecule has 0 unspecified atom stereocenters. The van der Waals surface area contributed by atoms with Crippen molar-refractivity contribution in [1.29, 1.82) is 0 Å². The van der Waals surface area contributed by atoms with Crippen molar-refractivity contribution in [2.24, 2.45) is 4.99 Å². The van der Waals surface area contributed by atoms with Gasteiger partial charge in [0.25, 0.3) is 18.0 Å². The lowest BCUT2D eigenvalue weighted by Crippen LogP contribution is -2.17. The molecular weight excluding hydrogens is 571 g/mol. The Morgan fingerprint density at radius 2 is 1.93 bits per heavy atom. The number of carbonyl (C=O) groups is 2. The number of pyridine rings is 2. The Labute approximate surface area is 240 Å². The minimum atomic E-state index is -4.58. The third-order valence-electron chi connectivity index (χ3n) is 6.31. The van der Waals surface area contributed by atoms with Crippen LogP contribution in [0.5, 0.6) is 0 Å². The van der Waals surface area contributed by atoms with Crippen LogP contribution in [0.25, 0.3) is 22.5 Å². The van der Waals surface area contributed by atoms with Crippen LogP contribution in [-0.2, 0) is 17.5 Å². The molecule has 0 atom stereocenters. The molecule has 3 aliphatic rings. The van der Waals surface area contributed by atoms with Gasteiger partial charge >= 0.3 is 12.2 Å². The second-order valence-electron chi connectivity index (χ2n) is 9.17. The Balaban J connectivity index is 0.00000118. The van der Waals surface area contributed by atoms with Crippen LogP contribution in [0.4, 0.5) is 30.7 Å². The number of amides is 1. The summed E-state index contributed by atoms with van der Waals surface area (Å²) < 4.78 is 46.6. The molecule has 6 rings (SSSR count). The van der Waals surface area contributed by atoms with Gasteiger partial charge in [0.1, 0.15) is 17.3 Å². The standard InChI is InChI=1S/C26H20F3N9O2.CH2O2/c1-13-3-4-17(33-23(39)20-10-16(5-6-30-20)26(27,28)29)11-18(13)19-9-15-12-32-24(35-25-37-36-14(2)40-25)34-21(15)38-8-7-31-22(19)38;2-1-3/h3-6,9-12,31H,7-8H2,1-2H3,(H,33,39);1H,(H,2,3). The van der Waals surface area contributed by atoms with Gasteiger partial charge in [-0.25, -0.2) is 4.98 Å². The van der Waals surface area contributed by atoms with Gasteiger partial charge in [-0.15, -0.1) is 5.10 Å². The van der Waals surface area contributed by atoms with Crippen molar-refractivity contribution in [3.05, 3.63) is 77.1 Å². The van der Waals surface area contributed by atoms with Crippen LogP contribution in [0.1, 0.15) is 27.5 Å². The molecule has 2 aromatic heterocycles. The molecule has 13 nitrogen and oxygen atoms in total. The van der Waals surface area contributed by atoms with E-state index in [4.69, 9.17) is 14.3 Å². The average molecular weight is 594 g/mol. The second kappa shape index (κ2) is 11.7. The summed E-state index contributed by atoms with van der Waals surface area (Å²) in [5.74, 6) is 1.10. The highest BCUT2D eigenvalue weighted by molar-refractivity contribution is 6.03. The van der Waals surface area contributed by atoms with Gasteiger partial charge < -0.3 is 24.7 Å². The van der Waals surface area contributed by atoms with E-state index in [2.05, 4.69) is 40.8 Å². The van der Waals surface area contributed by atoms with E-state index in [-0.39, 0.29) is 23.8 Å². The van der Waals surface area contributed by atoms with Gasteiger partial charge in [-0.2, -0.15) is 23.1 Å². The molecule has 3 N–H and O–H groups in total. The number of alkyl halides is 3. The molecule has 0 spiro atoms. The molecule has 0 saturated heterocycles. The number of aromatic nitrogens is 6. The number of carboxylic acid groups (broad SMARTS) is 1. The molecule has 16 heteroatoms. The number of hydrogen-bond donors (Lipinski definition) is 3. The number of aryl methyl sites for hydroxylation is 2. The maximum Gasteiger partial charge on any atom is 0.416 e. The van der Waals surface area contributed by atoms with E-state index in [9.17, 15) is 18.0 Å². The van der Waals surface area contributed by atoms with Crippen LogP contribution in [-0.4, -0.2) is 53.7 Å². The Kier molecular flexibility index (Phi) is 7.83. The minimum Gasteiger partial charge on any atom is -0.483 e. The number of nitrogens with zero attached hydrogens (tertiary/aromatic N) is 7. The zero-order valence-corrected chi connectivity index (χ0v) is 22.5. The number of carbonyl (C=O) groups excluding carboxylic acids is 1.